The molecule has 8 heteroatoms. The number of hydrogen-bond donors (Lipinski definition) is 1. The first-order valence-electron chi connectivity index (χ1n) is 9.35. The Bertz CT molecular complexity index is 897. The van der Waals surface area contributed by atoms with Gasteiger partial charge in [-0.1, -0.05) is 30.3 Å². The van der Waals surface area contributed by atoms with Crippen LogP contribution in [0.15, 0.2) is 36.4 Å². The molecule has 1 amide bonds. The van der Waals surface area contributed by atoms with Gasteiger partial charge >= 0.3 is 6.09 Å². The Labute approximate surface area is 164 Å². The first-order chi connectivity index (χ1) is 13.8. The molecule has 0 spiro atoms. The van der Waals surface area contributed by atoms with Crippen LogP contribution in [0.25, 0.3) is 0 Å². The summed E-state index contributed by atoms with van der Waals surface area (Å²) in [7, 11) is 0. The lowest BCUT2D eigenvalue weighted by atomic mass is 9.80. The summed E-state index contributed by atoms with van der Waals surface area (Å²) in [6.45, 7) is 0.0677. The summed E-state index contributed by atoms with van der Waals surface area (Å²) in [6, 6.07) is 8.10. The molecule has 2 aliphatic rings. The number of ether oxygens (including phenoxy) is 1. The van der Waals surface area contributed by atoms with Crippen molar-refractivity contribution >= 4 is 6.09 Å². The lowest BCUT2D eigenvalue weighted by Gasteiger charge is -2.43. The van der Waals surface area contributed by atoms with Crippen molar-refractivity contribution in [1.82, 2.24) is 4.90 Å². The number of nitrogens with zero attached hydrogens (tertiary/aromatic N) is 1. The Balaban J connectivity index is 1.54. The Kier molecular flexibility index (Phi) is 4.98. The van der Waals surface area contributed by atoms with Crippen LogP contribution in [0.3, 0.4) is 0 Å². The van der Waals surface area contributed by atoms with Crippen LogP contribution in [0, 0.1) is 23.3 Å². The Morgan fingerprint density at radius 1 is 1.03 bits per heavy atom. The highest BCUT2D eigenvalue weighted by Gasteiger charge is 2.53. The number of fused-ring (bicyclic) bond motifs is 2. The molecule has 29 heavy (non-hydrogen) atoms. The first-order valence-corrected chi connectivity index (χ1v) is 9.35. The second-order valence-electron chi connectivity index (χ2n) is 7.62. The monoisotopic (exact) mass is 409 g/mol. The summed E-state index contributed by atoms with van der Waals surface area (Å²) in [4.78, 5) is 14.0. The SMILES string of the molecule is O=C(OCc1ccccc1)N1C2CCC1CC(O)(c1c(F)c(F)cc(F)c1F)C2. The third-order valence-corrected chi connectivity index (χ3v) is 5.76. The van der Waals surface area contributed by atoms with Gasteiger partial charge in [0.05, 0.1) is 11.2 Å². The fraction of sp³-hybridized carbons (Fsp3) is 0.381. The van der Waals surface area contributed by atoms with Crippen molar-refractivity contribution in [2.75, 3.05) is 0 Å². The van der Waals surface area contributed by atoms with Gasteiger partial charge in [0.2, 0.25) is 0 Å². The molecule has 2 aromatic rings. The van der Waals surface area contributed by atoms with E-state index in [1.165, 1.54) is 4.90 Å². The second-order valence-corrected chi connectivity index (χ2v) is 7.62. The molecule has 2 heterocycles. The van der Waals surface area contributed by atoms with Crippen LogP contribution in [0.2, 0.25) is 0 Å². The summed E-state index contributed by atoms with van der Waals surface area (Å²) < 4.78 is 61.2. The maximum atomic E-state index is 14.3. The van der Waals surface area contributed by atoms with E-state index < -0.39 is 52.6 Å². The standard InChI is InChI=1S/C21H19F4NO3/c22-15-8-16(23)19(25)17(18(15)24)21(28)9-13-6-7-14(10-21)26(13)20(27)29-11-12-4-2-1-3-5-12/h1-5,8,13-14,28H,6-7,9-11H2. The van der Waals surface area contributed by atoms with Crippen molar-refractivity contribution < 1.29 is 32.2 Å². The molecule has 2 bridgehead atoms. The Morgan fingerprint density at radius 2 is 1.59 bits per heavy atom. The number of aliphatic hydroxyl groups is 1. The second kappa shape index (κ2) is 7.33. The molecule has 2 aliphatic heterocycles. The van der Waals surface area contributed by atoms with Crippen LogP contribution in [0.5, 0.6) is 0 Å². The molecule has 0 aromatic heterocycles. The van der Waals surface area contributed by atoms with E-state index in [9.17, 15) is 27.5 Å². The van der Waals surface area contributed by atoms with Crippen molar-refractivity contribution in [2.45, 2.75) is 50.0 Å². The van der Waals surface area contributed by atoms with Crippen molar-refractivity contribution in [3.8, 4) is 0 Å². The molecule has 2 unspecified atom stereocenters. The molecule has 1 N–H and O–H groups in total. The highest BCUT2D eigenvalue weighted by molar-refractivity contribution is 5.69. The van der Waals surface area contributed by atoms with E-state index in [0.717, 1.165) is 5.56 Å². The number of hydrogen-bond acceptors (Lipinski definition) is 3. The van der Waals surface area contributed by atoms with Gasteiger partial charge in [0.15, 0.2) is 23.3 Å². The third kappa shape index (κ3) is 3.46. The summed E-state index contributed by atoms with van der Waals surface area (Å²) in [5.74, 6) is -6.34. The van der Waals surface area contributed by atoms with Gasteiger partial charge in [-0.3, -0.25) is 0 Å². The molecule has 4 rings (SSSR count). The number of rotatable bonds is 3. The minimum Gasteiger partial charge on any atom is -0.445 e. The summed E-state index contributed by atoms with van der Waals surface area (Å²) >= 11 is 0. The zero-order valence-electron chi connectivity index (χ0n) is 15.4. The van der Waals surface area contributed by atoms with E-state index in [4.69, 9.17) is 4.74 Å². The van der Waals surface area contributed by atoms with Gasteiger partial charge in [-0.25, -0.2) is 22.4 Å². The maximum Gasteiger partial charge on any atom is 0.410 e. The quantitative estimate of drug-likeness (QED) is 0.604. The van der Waals surface area contributed by atoms with Crippen molar-refractivity contribution in [3.05, 3.63) is 70.8 Å². The minimum atomic E-state index is -2.11. The summed E-state index contributed by atoms with van der Waals surface area (Å²) in [5.41, 5.74) is -2.32. The van der Waals surface area contributed by atoms with Gasteiger partial charge in [0, 0.05) is 31.0 Å². The number of carbonyl (C=O) groups is 1. The normalized spacial score (nSPS) is 25.9. The van der Waals surface area contributed by atoms with Crippen LogP contribution < -0.4 is 0 Å². The van der Waals surface area contributed by atoms with Gasteiger partial charge in [0.25, 0.3) is 0 Å². The highest BCUT2D eigenvalue weighted by atomic mass is 19.2. The smallest absolute Gasteiger partial charge is 0.410 e. The average Bonchev–Trinajstić information content (AvgIpc) is 2.98. The van der Waals surface area contributed by atoms with Gasteiger partial charge < -0.3 is 14.7 Å². The number of benzene rings is 2. The largest absolute Gasteiger partial charge is 0.445 e. The van der Waals surface area contributed by atoms with Crippen molar-refractivity contribution in [1.29, 1.82) is 0 Å². The van der Waals surface area contributed by atoms with E-state index in [-0.39, 0.29) is 25.5 Å². The van der Waals surface area contributed by atoms with Crippen LogP contribution in [0.1, 0.15) is 36.8 Å². The average molecular weight is 409 g/mol. The zero-order valence-corrected chi connectivity index (χ0v) is 15.4. The lowest BCUT2D eigenvalue weighted by molar-refractivity contribution is -0.0585. The zero-order chi connectivity index (χ0) is 20.8. The molecule has 4 nitrogen and oxygen atoms in total. The molecule has 0 saturated carbocycles. The number of piperidine rings is 1. The number of halogens is 4. The summed E-state index contributed by atoms with van der Waals surface area (Å²) in [6.07, 6.45) is -0.0701. The molecule has 2 fully saturated rings. The van der Waals surface area contributed by atoms with Gasteiger partial charge in [-0.2, -0.15) is 0 Å². The molecule has 154 valence electrons. The molecule has 2 saturated heterocycles. The fourth-order valence-electron chi connectivity index (χ4n) is 4.50. The van der Waals surface area contributed by atoms with Crippen molar-refractivity contribution in [2.24, 2.45) is 0 Å². The van der Waals surface area contributed by atoms with Gasteiger partial charge in [-0.15, -0.1) is 0 Å². The predicted molar refractivity (Wildman–Crippen MR) is 94.7 cm³/mol. The number of carbonyl (C=O) groups excluding carboxylic acids is 1. The van der Waals surface area contributed by atoms with E-state index in [1.54, 1.807) is 12.1 Å². The Morgan fingerprint density at radius 3 is 2.14 bits per heavy atom. The molecular weight excluding hydrogens is 390 g/mol. The van der Waals surface area contributed by atoms with Gasteiger partial charge in [-0.05, 0) is 18.4 Å². The van der Waals surface area contributed by atoms with Crippen LogP contribution in [-0.2, 0) is 16.9 Å². The Hall–Kier alpha value is -2.61. The molecule has 2 aromatic carbocycles. The van der Waals surface area contributed by atoms with E-state index in [1.807, 2.05) is 18.2 Å². The highest BCUT2D eigenvalue weighted by Crippen LogP contribution is 2.47. The molecule has 0 aliphatic carbocycles. The predicted octanol–water partition coefficient (Wildman–Crippen LogP) is 4.39. The third-order valence-electron chi connectivity index (χ3n) is 5.76. The maximum absolute atomic E-state index is 14.3. The minimum absolute atomic E-state index is 0.0677. The van der Waals surface area contributed by atoms with Crippen molar-refractivity contribution in [3.63, 3.8) is 0 Å². The molecular formula is C21H19F4NO3. The first kappa shape index (κ1) is 19.7. The van der Waals surface area contributed by atoms with Gasteiger partial charge in [0.1, 0.15) is 6.61 Å². The van der Waals surface area contributed by atoms with Crippen LogP contribution in [-0.4, -0.2) is 28.2 Å². The summed E-state index contributed by atoms with van der Waals surface area (Å²) in [5, 5.41) is 10.9. The van der Waals surface area contributed by atoms with Crippen LogP contribution >= 0.6 is 0 Å². The lowest BCUT2D eigenvalue weighted by Crippen LogP contribution is -2.52. The molecule has 2 atom stereocenters. The number of amides is 1. The van der Waals surface area contributed by atoms with Crippen LogP contribution in [0.4, 0.5) is 22.4 Å². The van der Waals surface area contributed by atoms with E-state index in [2.05, 4.69) is 0 Å². The fourth-order valence-corrected chi connectivity index (χ4v) is 4.50. The topological polar surface area (TPSA) is 49.8 Å². The van der Waals surface area contributed by atoms with E-state index in [0.29, 0.717) is 12.8 Å². The molecule has 0 radical (unpaired) electrons. The van der Waals surface area contributed by atoms with E-state index >= 15 is 0 Å².